The smallest absolute Gasteiger partial charge is 0.251 e. The van der Waals surface area contributed by atoms with Crippen molar-refractivity contribution in [2.45, 2.75) is 40.2 Å². The molecule has 1 amide bonds. The Hall–Kier alpha value is -2.69. The molecular formula is C22H29NO4. The molecule has 27 heavy (non-hydrogen) atoms. The molecule has 0 saturated heterocycles. The summed E-state index contributed by atoms with van der Waals surface area (Å²) in [5, 5.41) is 3.11. The van der Waals surface area contributed by atoms with E-state index in [9.17, 15) is 4.79 Å². The Morgan fingerprint density at radius 3 is 2.22 bits per heavy atom. The zero-order valence-corrected chi connectivity index (χ0v) is 16.8. The van der Waals surface area contributed by atoms with Crippen molar-refractivity contribution in [1.82, 2.24) is 5.32 Å². The first-order chi connectivity index (χ1) is 13.0. The van der Waals surface area contributed by atoms with Crippen molar-refractivity contribution >= 4 is 5.91 Å². The maximum absolute atomic E-state index is 12.8. The van der Waals surface area contributed by atoms with Crippen molar-refractivity contribution in [2.75, 3.05) is 20.3 Å². The van der Waals surface area contributed by atoms with E-state index >= 15 is 0 Å². The minimum atomic E-state index is -0.140. The van der Waals surface area contributed by atoms with Gasteiger partial charge in [-0.1, -0.05) is 19.1 Å². The van der Waals surface area contributed by atoms with E-state index in [1.54, 1.807) is 25.3 Å². The highest BCUT2D eigenvalue weighted by Gasteiger charge is 2.17. The Bertz CT molecular complexity index is 773. The first-order valence-corrected chi connectivity index (χ1v) is 9.39. The van der Waals surface area contributed by atoms with Gasteiger partial charge in [0.05, 0.1) is 26.4 Å². The highest BCUT2D eigenvalue weighted by atomic mass is 16.5. The van der Waals surface area contributed by atoms with Crippen molar-refractivity contribution in [3.63, 3.8) is 0 Å². The molecule has 2 aromatic rings. The molecule has 0 spiro atoms. The number of ether oxygens (including phenoxy) is 3. The minimum absolute atomic E-state index is 0.0794. The minimum Gasteiger partial charge on any atom is -0.496 e. The Labute approximate surface area is 161 Å². The average molecular weight is 371 g/mol. The molecule has 0 aliphatic carbocycles. The van der Waals surface area contributed by atoms with Crippen LogP contribution in [-0.4, -0.2) is 26.2 Å². The van der Waals surface area contributed by atoms with Crippen LogP contribution in [0.2, 0.25) is 0 Å². The van der Waals surface area contributed by atoms with E-state index in [1.807, 2.05) is 39.8 Å². The van der Waals surface area contributed by atoms with Crippen LogP contribution >= 0.6 is 0 Å². The van der Waals surface area contributed by atoms with E-state index in [0.717, 1.165) is 23.3 Å². The lowest BCUT2D eigenvalue weighted by Crippen LogP contribution is -2.28. The molecule has 0 aromatic heterocycles. The number of nitrogens with one attached hydrogen (secondary N) is 1. The number of methoxy groups -OCH3 is 1. The van der Waals surface area contributed by atoms with Gasteiger partial charge in [-0.25, -0.2) is 0 Å². The first kappa shape index (κ1) is 20.6. The average Bonchev–Trinajstić information content (AvgIpc) is 2.67. The molecule has 0 aliphatic heterocycles. The molecule has 2 aromatic carbocycles. The largest absolute Gasteiger partial charge is 0.496 e. The second-order valence-corrected chi connectivity index (χ2v) is 6.19. The molecule has 5 nitrogen and oxygen atoms in total. The molecule has 0 unspecified atom stereocenters. The third-order valence-corrected chi connectivity index (χ3v) is 4.34. The second-order valence-electron chi connectivity index (χ2n) is 6.19. The van der Waals surface area contributed by atoms with Crippen LogP contribution in [-0.2, 0) is 0 Å². The number of benzene rings is 2. The summed E-state index contributed by atoms with van der Waals surface area (Å²) in [5.74, 6) is 1.93. The zero-order chi connectivity index (χ0) is 19.8. The lowest BCUT2D eigenvalue weighted by Gasteiger charge is -2.19. The predicted molar refractivity (Wildman–Crippen MR) is 107 cm³/mol. The fraction of sp³-hybridized carbons (Fsp3) is 0.409. The van der Waals surface area contributed by atoms with Crippen molar-refractivity contribution in [3.8, 4) is 17.2 Å². The van der Waals surface area contributed by atoms with Gasteiger partial charge in [0.2, 0.25) is 0 Å². The molecule has 0 fully saturated rings. The number of rotatable bonds is 9. The standard InChI is InChI=1S/C22H29NO4/c1-6-18(16-9-11-19(25-5)15(4)13-16)23-22(24)17-10-12-20(26-7-2)21(14-17)27-8-3/h9-14,18H,6-8H2,1-5H3,(H,23,24)/t18-/m0/s1. The second kappa shape index (κ2) is 9.86. The molecule has 2 rings (SSSR count). The normalized spacial score (nSPS) is 11.6. The Morgan fingerprint density at radius 1 is 0.963 bits per heavy atom. The van der Waals surface area contributed by atoms with E-state index in [2.05, 4.69) is 11.4 Å². The molecule has 146 valence electrons. The number of carbonyl (C=O) groups excluding carboxylic acids is 1. The number of amides is 1. The van der Waals surface area contributed by atoms with Crippen LogP contribution in [0.4, 0.5) is 0 Å². The van der Waals surface area contributed by atoms with Crippen molar-refractivity contribution in [1.29, 1.82) is 0 Å². The number of hydrogen-bond donors (Lipinski definition) is 1. The van der Waals surface area contributed by atoms with Gasteiger partial charge < -0.3 is 19.5 Å². The SMILES string of the molecule is CCOc1ccc(C(=O)N[C@@H](CC)c2ccc(OC)c(C)c2)cc1OCC. The van der Waals surface area contributed by atoms with Crippen LogP contribution in [0.3, 0.4) is 0 Å². The molecular weight excluding hydrogens is 342 g/mol. The Balaban J connectivity index is 2.21. The molecule has 1 N–H and O–H groups in total. The van der Waals surface area contributed by atoms with Crippen LogP contribution in [0.25, 0.3) is 0 Å². The van der Waals surface area contributed by atoms with Gasteiger partial charge in [-0.2, -0.15) is 0 Å². The van der Waals surface area contributed by atoms with E-state index in [-0.39, 0.29) is 11.9 Å². The van der Waals surface area contributed by atoms with Gasteiger partial charge in [-0.3, -0.25) is 4.79 Å². The molecule has 0 saturated carbocycles. The van der Waals surface area contributed by atoms with Gasteiger partial charge >= 0.3 is 0 Å². The van der Waals surface area contributed by atoms with Crippen molar-refractivity contribution in [2.24, 2.45) is 0 Å². The first-order valence-electron chi connectivity index (χ1n) is 9.39. The molecule has 0 bridgehead atoms. The third-order valence-electron chi connectivity index (χ3n) is 4.34. The zero-order valence-electron chi connectivity index (χ0n) is 16.8. The van der Waals surface area contributed by atoms with Gasteiger partial charge in [-0.05, 0) is 62.6 Å². The van der Waals surface area contributed by atoms with Crippen LogP contribution in [0.5, 0.6) is 17.2 Å². The number of hydrogen-bond acceptors (Lipinski definition) is 4. The van der Waals surface area contributed by atoms with Gasteiger partial charge in [-0.15, -0.1) is 0 Å². The summed E-state index contributed by atoms with van der Waals surface area (Å²) in [6, 6.07) is 11.2. The van der Waals surface area contributed by atoms with Gasteiger partial charge in [0, 0.05) is 5.56 Å². The summed E-state index contributed by atoms with van der Waals surface area (Å²) >= 11 is 0. The summed E-state index contributed by atoms with van der Waals surface area (Å²) in [4.78, 5) is 12.8. The Morgan fingerprint density at radius 2 is 1.63 bits per heavy atom. The van der Waals surface area contributed by atoms with Gasteiger partial charge in [0.1, 0.15) is 5.75 Å². The predicted octanol–water partition coefficient (Wildman–Crippen LogP) is 4.68. The van der Waals surface area contributed by atoms with E-state index < -0.39 is 0 Å². The molecule has 0 radical (unpaired) electrons. The van der Waals surface area contributed by atoms with E-state index in [4.69, 9.17) is 14.2 Å². The third kappa shape index (κ3) is 5.16. The van der Waals surface area contributed by atoms with Crippen molar-refractivity contribution in [3.05, 3.63) is 53.1 Å². The van der Waals surface area contributed by atoms with Crippen LogP contribution in [0.1, 0.15) is 54.7 Å². The highest BCUT2D eigenvalue weighted by molar-refractivity contribution is 5.95. The van der Waals surface area contributed by atoms with Gasteiger partial charge in [0.15, 0.2) is 11.5 Å². The van der Waals surface area contributed by atoms with Gasteiger partial charge in [0.25, 0.3) is 5.91 Å². The molecule has 0 aliphatic rings. The highest BCUT2D eigenvalue weighted by Crippen LogP contribution is 2.29. The topological polar surface area (TPSA) is 56.8 Å². The summed E-state index contributed by atoms with van der Waals surface area (Å²) in [5.41, 5.74) is 2.65. The van der Waals surface area contributed by atoms with Crippen LogP contribution in [0, 0.1) is 6.92 Å². The fourth-order valence-corrected chi connectivity index (χ4v) is 2.97. The monoisotopic (exact) mass is 371 g/mol. The van der Waals surface area contributed by atoms with E-state index in [1.165, 1.54) is 0 Å². The maximum atomic E-state index is 12.8. The lowest BCUT2D eigenvalue weighted by atomic mass is 10.0. The summed E-state index contributed by atoms with van der Waals surface area (Å²) in [6.07, 6.45) is 0.785. The lowest BCUT2D eigenvalue weighted by molar-refractivity contribution is 0.0935. The summed E-state index contributed by atoms with van der Waals surface area (Å²) < 4.78 is 16.5. The maximum Gasteiger partial charge on any atom is 0.251 e. The Kier molecular flexibility index (Phi) is 7.53. The fourth-order valence-electron chi connectivity index (χ4n) is 2.97. The quantitative estimate of drug-likeness (QED) is 0.695. The van der Waals surface area contributed by atoms with Crippen molar-refractivity contribution < 1.29 is 19.0 Å². The summed E-state index contributed by atoms with van der Waals surface area (Å²) in [7, 11) is 1.66. The number of aryl methyl sites for hydroxylation is 1. The summed E-state index contributed by atoms with van der Waals surface area (Å²) in [6.45, 7) is 8.92. The van der Waals surface area contributed by atoms with E-state index in [0.29, 0.717) is 30.3 Å². The molecule has 5 heteroatoms. The molecule has 0 heterocycles. The van der Waals surface area contributed by atoms with Crippen LogP contribution < -0.4 is 19.5 Å². The molecule has 1 atom stereocenters. The van der Waals surface area contributed by atoms with Crippen LogP contribution in [0.15, 0.2) is 36.4 Å². The number of carbonyl (C=O) groups is 1.